The van der Waals surface area contributed by atoms with E-state index in [1.807, 2.05) is 14.1 Å². The van der Waals surface area contributed by atoms with Gasteiger partial charge >= 0.3 is 0 Å². The van der Waals surface area contributed by atoms with Gasteiger partial charge in [0, 0.05) is 18.9 Å². The number of ketones is 1. The molecule has 0 amide bonds. The van der Waals surface area contributed by atoms with E-state index in [9.17, 15) is 4.79 Å². The van der Waals surface area contributed by atoms with Crippen LogP contribution >= 0.6 is 0 Å². The number of carbonyl (C=O) groups excluding carboxylic acids is 1. The molecule has 2 atom stereocenters. The van der Waals surface area contributed by atoms with Gasteiger partial charge in [0.1, 0.15) is 5.78 Å². The third-order valence-corrected chi connectivity index (χ3v) is 3.62. The molecule has 0 radical (unpaired) electrons. The fourth-order valence-corrected chi connectivity index (χ4v) is 2.49. The van der Waals surface area contributed by atoms with Gasteiger partial charge in [0.2, 0.25) is 0 Å². The Kier molecular flexibility index (Phi) is 5.30. The SMILES string of the molecule is CCC1CCCC(C(=O)CCN(C)C)C1. The van der Waals surface area contributed by atoms with Gasteiger partial charge in [-0.2, -0.15) is 0 Å². The molecular formula is C13H25NO. The summed E-state index contributed by atoms with van der Waals surface area (Å²) in [6.45, 7) is 3.16. The van der Waals surface area contributed by atoms with Crippen LogP contribution in [0.25, 0.3) is 0 Å². The quantitative estimate of drug-likeness (QED) is 0.697. The fourth-order valence-electron chi connectivity index (χ4n) is 2.49. The standard InChI is InChI=1S/C13H25NO/c1-4-11-6-5-7-12(10-11)13(15)8-9-14(2)3/h11-12H,4-10H2,1-3H3. The van der Waals surface area contributed by atoms with Crippen molar-refractivity contribution < 1.29 is 4.79 Å². The summed E-state index contributed by atoms with van der Waals surface area (Å²) in [5, 5.41) is 0. The van der Waals surface area contributed by atoms with Crippen molar-refractivity contribution in [2.24, 2.45) is 11.8 Å². The molecule has 0 saturated heterocycles. The van der Waals surface area contributed by atoms with Gasteiger partial charge in [-0.15, -0.1) is 0 Å². The van der Waals surface area contributed by atoms with Crippen LogP contribution in [0.15, 0.2) is 0 Å². The highest BCUT2D eigenvalue weighted by Crippen LogP contribution is 2.31. The van der Waals surface area contributed by atoms with Crippen LogP contribution in [0.3, 0.4) is 0 Å². The van der Waals surface area contributed by atoms with E-state index in [0.29, 0.717) is 11.7 Å². The Morgan fingerprint density at radius 3 is 2.67 bits per heavy atom. The molecule has 2 unspecified atom stereocenters. The Bertz CT molecular complexity index is 201. The minimum absolute atomic E-state index is 0.378. The van der Waals surface area contributed by atoms with E-state index < -0.39 is 0 Å². The van der Waals surface area contributed by atoms with E-state index in [0.717, 1.165) is 31.7 Å². The van der Waals surface area contributed by atoms with Crippen molar-refractivity contribution in [3.8, 4) is 0 Å². The minimum atomic E-state index is 0.378. The first-order valence-electron chi connectivity index (χ1n) is 6.31. The van der Waals surface area contributed by atoms with Crippen molar-refractivity contribution in [2.75, 3.05) is 20.6 Å². The van der Waals surface area contributed by atoms with Crippen molar-refractivity contribution in [1.82, 2.24) is 4.90 Å². The highest BCUT2D eigenvalue weighted by Gasteiger charge is 2.25. The summed E-state index contributed by atoms with van der Waals surface area (Å²) in [7, 11) is 4.06. The van der Waals surface area contributed by atoms with E-state index in [4.69, 9.17) is 0 Å². The molecule has 0 heterocycles. The molecule has 88 valence electrons. The van der Waals surface area contributed by atoms with Crippen LogP contribution in [0.5, 0.6) is 0 Å². The molecule has 1 fully saturated rings. The molecule has 1 aliphatic carbocycles. The Hall–Kier alpha value is -0.370. The summed E-state index contributed by atoms with van der Waals surface area (Å²) >= 11 is 0. The minimum Gasteiger partial charge on any atom is -0.309 e. The lowest BCUT2D eigenvalue weighted by Crippen LogP contribution is -2.25. The lowest BCUT2D eigenvalue weighted by atomic mass is 9.78. The lowest BCUT2D eigenvalue weighted by Gasteiger charge is -2.27. The van der Waals surface area contributed by atoms with E-state index >= 15 is 0 Å². The average Bonchev–Trinajstić information content (AvgIpc) is 2.26. The van der Waals surface area contributed by atoms with Crippen LogP contribution in [0, 0.1) is 11.8 Å². The molecule has 0 aromatic heterocycles. The van der Waals surface area contributed by atoms with Crippen molar-refractivity contribution in [2.45, 2.75) is 45.4 Å². The van der Waals surface area contributed by atoms with Gasteiger partial charge in [0.05, 0.1) is 0 Å². The Morgan fingerprint density at radius 1 is 1.33 bits per heavy atom. The van der Waals surface area contributed by atoms with Gasteiger partial charge < -0.3 is 4.90 Å². The number of rotatable bonds is 5. The second kappa shape index (κ2) is 6.26. The van der Waals surface area contributed by atoms with Gasteiger partial charge in [-0.25, -0.2) is 0 Å². The third-order valence-electron chi connectivity index (χ3n) is 3.62. The van der Waals surface area contributed by atoms with Crippen molar-refractivity contribution in [1.29, 1.82) is 0 Å². The predicted molar refractivity (Wildman–Crippen MR) is 63.9 cm³/mol. The maximum atomic E-state index is 11.9. The van der Waals surface area contributed by atoms with E-state index in [1.165, 1.54) is 19.3 Å². The largest absolute Gasteiger partial charge is 0.309 e. The topological polar surface area (TPSA) is 20.3 Å². The first kappa shape index (κ1) is 12.7. The highest BCUT2D eigenvalue weighted by atomic mass is 16.1. The molecule has 0 aliphatic heterocycles. The van der Waals surface area contributed by atoms with Crippen LogP contribution in [-0.2, 0) is 4.79 Å². The molecule has 15 heavy (non-hydrogen) atoms. The predicted octanol–water partition coefficient (Wildman–Crippen LogP) is 2.72. The zero-order chi connectivity index (χ0) is 11.3. The lowest BCUT2D eigenvalue weighted by molar-refractivity contribution is -0.124. The number of carbonyl (C=O) groups is 1. The monoisotopic (exact) mass is 211 g/mol. The van der Waals surface area contributed by atoms with Gasteiger partial charge in [0.25, 0.3) is 0 Å². The number of hydrogen-bond acceptors (Lipinski definition) is 2. The summed E-state index contributed by atoms with van der Waals surface area (Å²) < 4.78 is 0. The number of hydrogen-bond donors (Lipinski definition) is 0. The van der Waals surface area contributed by atoms with Crippen molar-refractivity contribution >= 4 is 5.78 Å². The normalized spacial score (nSPS) is 26.9. The van der Waals surface area contributed by atoms with Crippen molar-refractivity contribution in [3.63, 3.8) is 0 Å². The summed E-state index contributed by atoms with van der Waals surface area (Å²) in [6.07, 6.45) is 6.89. The molecule has 1 aliphatic rings. The van der Waals surface area contributed by atoms with Crippen molar-refractivity contribution in [3.05, 3.63) is 0 Å². The Balaban J connectivity index is 2.32. The number of Topliss-reactive ketones (excluding diaryl/α,β-unsaturated/α-hetero) is 1. The second-order valence-corrected chi connectivity index (χ2v) is 5.16. The van der Waals surface area contributed by atoms with Crippen LogP contribution < -0.4 is 0 Å². The molecule has 0 aromatic carbocycles. The number of nitrogens with zero attached hydrogens (tertiary/aromatic N) is 1. The zero-order valence-electron chi connectivity index (χ0n) is 10.5. The first-order valence-corrected chi connectivity index (χ1v) is 6.31. The van der Waals surface area contributed by atoms with Crippen LogP contribution in [0.1, 0.15) is 45.4 Å². The fraction of sp³-hybridized carbons (Fsp3) is 0.923. The summed E-state index contributed by atoms with van der Waals surface area (Å²) in [5.74, 6) is 1.69. The Labute approximate surface area is 94.0 Å². The first-order chi connectivity index (χ1) is 7.13. The molecule has 1 rings (SSSR count). The third kappa shape index (κ3) is 4.33. The second-order valence-electron chi connectivity index (χ2n) is 5.16. The van der Waals surface area contributed by atoms with Crippen LogP contribution in [-0.4, -0.2) is 31.3 Å². The van der Waals surface area contributed by atoms with Gasteiger partial charge in [-0.3, -0.25) is 4.79 Å². The molecule has 1 saturated carbocycles. The highest BCUT2D eigenvalue weighted by molar-refractivity contribution is 5.81. The van der Waals surface area contributed by atoms with Gasteiger partial charge in [0.15, 0.2) is 0 Å². The average molecular weight is 211 g/mol. The van der Waals surface area contributed by atoms with E-state index in [2.05, 4.69) is 11.8 Å². The smallest absolute Gasteiger partial charge is 0.137 e. The molecule has 0 N–H and O–H groups in total. The molecule has 0 spiro atoms. The molecular weight excluding hydrogens is 186 g/mol. The maximum absolute atomic E-state index is 11.9. The van der Waals surface area contributed by atoms with Crippen LogP contribution in [0.4, 0.5) is 0 Å². The van der Waals surface area contributed by atoms with Gasteiger partial charge in [-0.1, -0.05) is 26.2 Å². The van der Waals surface area contributed by atoms with Gasteiger partial charge in [-0.05, 0) is 32.9 Å². The van der Waals surface area contributed by atoms with Crippen LogP contribution in [0.2, 0.25) is 0 Å². The zero-order valence-corrected chi connectivity index (χ0v) is 10.5. The molecule has 2 nitrogen and oxygen atoms in total. The summed E-state index contributed by atoms with van der Waals surface area (Å²) in [4.78, 5) is 14.0. The molecule has 2 heteroatoms. The maximum Gasteiger partial charge on any atom is 0.137 e. The summed E-state index contributed by atoms with van der Waals surface area (Å²) in [6, 6.07) is 0. The summed E-state index contributed by atoms with van der Waals surface area (Å²) in [5.41, 5.74) is 0. The molecule has 0 bridgehead atoms. The Morgan fingerprint density at radius 2 is 2.07 bits per heavy atom. The van der Waals surface area contributed by atoms with E-state index in [-0.39, 0.29) is 0 Å². The molecule has 0 aromatic rings. The van der Waals surface area contributed by atoms with E-state index in [1.54, 1.807) is 0 Å².